The van der Waals surface area contributed by atoms with Crippen LogP contribution in [0.15, 0.2) is 53.1 Å². The van der Waals surface area contributed by atoms with Gasteiger partial charge in [-0.25, -0.2) is 5.01 Å². The van der Waals surface area contributed by atoms with E-state index in [9.17, 15) is 4.79 Å². The molecule has 1 unspecified atom stereocenters. The van der Waals surface area contributed by atoms with E-state index >= 15 is 0 Å². The van der Waals surface area contributed by atoms with Gasteiger partial charge in [0.25, 0.3) is 5.91 Å². The average Bonchev–Trinajstić information content (AvgIpc) is 3.45. The molecule has 28 heavy (non-hydrogen) atoms. The van der Waals surface area contributed by atoms with Gasteiger partial charge in [0.15, 0.2) is 0 Å². The summed E-state index contributed by atoms with van der Waals surface area (Å²) >= 11 is 0. The number of nitrogens with zero attached hydrogens (tertiary/aromatic N) is 3. The molecule has 0 radical (unpaired) electrons. The van der Waals surface area contributed by atoms with Gasteiger partial charge in [-0.1, -0.05) is 18.2 Å². The van der Waals surface area contributed by atoms with E-state index in [0.29, 0.717) is 17.2 Å². The zero-order chi connectivity index (χ0) is 19.7. The van der Waals surface area contributed by atoms with Gasteiger partial charge in [-0.2, -0.15) is 10.4 Å². The molecule has 2 aromatic rings. The van der Waals surface area contributed by atoms with Gasteiger partial charge in [-0.05, 0) is 61.2 Å². The molecule has 1 saturated carbocycles. The fourth-order valence-corrected chi connectivity index (χ4v) is 3.14. The molecule has 140 valence electrons. The molecule has 4 rings (SSSR count). The lowest BCUT2D eigenvalue weighted by molar-refractivity contribution is 0.0951. The largest absolute Gasteiger partial charge is 0.349 e. The number of nitrogens with one attached hydrogen (secondary N) is 1. The fourth-order valence-electron chi connectivity index (χ4n) is 3.14. The van der Waals surface area contributed by atoms with Crippen LogP contribution in [0.25, 0.3) is 6.08 Å². The Hall–Kier alpha value is -3.43. The number of hydrogen-bond acceptors (Lipinski definition) is 5. The first-order chi connectivity index (χ1) is 13.5. The summed E-state index contributed by atoms with van der Waals surface area (Å²) in [6.07, 6.45) is 5.28. The van der Waals surface area contributed by atoms with Crippen molar-refractivity contribution >= 4 is 23.9 Å². The van der Waals surface area contributed by atoms with E-state index < -0.39 is 6.17 Å². The van der Waals surface area contributed by atoms with E-state index in [2.05, 4.69) is 16.5 Å². The van der Waals surface area contributed by atoms with Gasteiger partial charge in [0.1, 0.15) is 6.17 Å². The van der Waals surface area contributed by atoms with Crippen molar-refractivity contribution in [3.63, 3.8) is 0 Å². The summed E-state index contributed by atoms with van der Waals surface area (Å²) in [4.78, 5) is 12.4. The number of hydrogen-bond donors (Lipinski definition) is 2. The maximum Gasteiger partial charge on any atom is 0.251 e. The summed E-state index contributed by atoms with van der Waals surface area (Å²) in [6.45, 7) is 1.97. The maximum absolute atomic E-state index is 12.4. The Morgan fingerprint density at radius 1 is 1.32 bits per heavy atom. The molecule has 2 aliphatic rings. The van der Waals surface area contributed by atoms with Crippen LogP contribution in [0.2, 0.25) is 0 Å². The van der Waals surface area contributed by atoms with Gasteiger partial charge in [0.05, 0.1) is 23.5 Å². The highest BCUT2D eigenvalue weighted by molar-refractivity contribution is 5.96. The van der Waals surface area contributed by atoms with E-state index in [4.69, 9.17) is 11.0 Å². The molecule has 6 heteroatoms. The molecule has 1 atom stereocenters. The van der Waals surface area contributed by atoms with Gasteiger partial charge >= 0.3 is 0 Å². The first kappa shape index (κ1) is 18.0. The first-order valence-corrected chi connectivity index (χ1v) is 9.27. The fraction of sp³-hybridized carbons (Fsp3) is 0.227. The van der Waals surface area contributed by atoms with Crippen molar-refractivity contribution in [2.24, 2.45) is 10.8 Å². The highest BCUT2D eigenvalue weighted by Crippen LogP contribution is 2.29. The highest BCUT2D eigenvalue weighted by atomic mass is 16.1. The van der Waals surface area contributed by atoms with Crippen LogP contribution >= 0.6 is 0 Å². The molecule has 1 aliphatic heterocycles. The lowest BCUT2D eigenvalue weighted by atomic mass is 10.1. The molecule has 0 aromatic heterocycles. The quantitative estimate of drug-likeness (QED) is 0.864. The van der Waals surface area contributed by atoms with E-state index in [1.165, 1.54) is 0 Å². The molecule has 1 aliphatic carbocycles. The monoisotopic (exact) mass is 371 g/mol. The SMILES string of the molecule is Cc1ccc(C(=O)NC2CC2)cc1N1N=CC(=Cc2cccc(C#N)c2)C1N. The van der Waals surface area contributed by atoms with Crippen LogP contribution in [0.3, 0.4) is 0 Å². The van der Waals surface area contributed by atoms with Crippen LogP contribution in [0.1, 0.15) is 39.9 Å². The minimum Gasteiger partial charge on any atom is -0.349 e. The second-order valence-corrected chi connectivity index (χ2v) is 7.16. The second kappa shape index (κ2) is 7.29. The number of benzene rings is 2. The van der Waals surface area contributed by atoms with Crippen molar-refractivity contribution in [1.82, 2.24) is 5.32 Å². The van der Waals surface area contributed by atoms with Gasteiger partial charge in [-0.3, -0.25) is 4.79 Å². The number of carbonyl (C=O) groups excluding carboxylic acids is 1. The van der Waals surface area contributed by atoms with Crippen molar-refractivity contribution in [1.29, 1.82) is 5.26 Å². The molecule has 1 fully saturated rings. The van der Waals surface area contributed by atoms with Crippen LogP contribution < -0.4 is 16.1 Å². The zero-order valence-electron chi connectivity index (χ0n) is 15.6. The Kier molecular flexibility index (Phi) is 4.68. The van der Waals surface area contributed by atoms with Crippen LogP contribution in [0.4, 0.5) is 5.69 Å². The number of carbonyl (C=O) groups is 1. The van der Waals surface area contributed by atoms with Gasteiger partial charge in [0, 0.05) is 17.2 Å². The number of nitrogens with two attached hydrogens (primary N) is 1. The Morgan fingerprint density at radius 3 is 2.89 bits per heavy atom. The molecule has 1 heterocycles. The molecular formula is C22H21N5O. The lowest BCUT2D eigenvalue weighted by Gasteiger charge is -2.23. The lowest BCUT2D eigenvalue weighted by Crippen LogP contribution is -2.36. The standard InChI is InChI=1S/C22H21N5O/c1-14-5-6-17(22(28)26-19-7-8-19)11-20(14)27-21(24)18(13-25-27)10-15-3-2-4-16(9-15)12-23/h2-6,9-11,13,19,21H,7-8,24H2,1H3,(H,26,28). The van der Waals surface area contributed by atoms with Crippen molar-refractivity contribution < 1.29 is 4.79 Å². The van der Waals surface area contributed by atoms with Crippen molar-refractivity contribution in [2.45, 2.75) is 32.0 Å². The smallest absolute Gasteiger partial charge is 0.251 e. The summed E-state index contributed by atoms with van der Waals surface area (Å²) in [5.41, 5.74) is 11.2. The van der Waals surface area contributed by atoms with Gasteiger partial charge in [-0.15, -0.1) is 0 Å². The number of hydrazone groups is 1. The molecule has 0 spiro atoms. The predicted molar refractivity (Wildman–Crippen MR) is 110 cm³/mol. The van der Waals surface area contributed by atoms with Crippen molar-refractivity contribution in [2.75, 3.05) is 5.01 Å². The summed E-state index contributed by atoms with van der Waals surface area (Å²) in [5, 5.41) is 18.3. The molecule has 3 N–H and O–H groups in total. The molecular weight excluding hydrogens is 350 g/mol. The van der Waals surface area contributed by atoms with E-state index in [1.807, 2.05) is 49.4 Å². The number of anilines is 1. The molecule has 1 amide bonds. The van der Waals surface area contributed by atoms with Crippen molar-refractivity contribution in [3.05, 3.63) is 70.3 Å². The highest BCUT2D eigenvalue weighted by Gasteiger charge is 2.27. The van der Waals surface area contributed by atoms with Crippen molar-refractivity contribution in [3.8, 4) is 6.07 Å². The Labute approximate surface area is 164 Å². The Morgan fingerprint density at radius 2 is 2.14 bits per heavy atom. The van der Waals surface area contributed by atoms with Gasteiger partial charge in [0.2, 0.25) is 0 Å². The van der Waals surface area contributed by atoms with Crippen LogP contribution in [-0.2, 0) is 0 Å². The van der Waals surface area contributed by atoms with Crippen LogP contribution in [-0.4, -0.2) is 24.3 Å². The van der Waals surface area contributed by atoms with E-state index in [1.54, 1.807) is 17.3 Å². The van der Waals surface area contributed by atoms with Crippen LogP contribution in [0.5, 0.6) is 0 Å². The zero-order valence-corrected chi connectivity index (χ0v) is 15.6. The average molecular weight is 371 g/mol. The molecule has 0 bridgehead atoms. The molecule has 2 aromatic carbocycles. The Bertz CT molecular complexity index is 1030. The van der Waals surface area contributed by atoms with E-state index in [0.717, 1.165) is 35.2 Å². The topological polar surface area (TPSA) is 94.5 Å². The summed E-state index contributed by atoms with van der Waals surface area (Å²) in [6, 6.07) is 15.4. The Balaban J connectivity index is 1.58. The molecule has 6 nitrogen and oxygen atoms in total. The van der Waals surface area contributed by atoms with Crippen LogP contribution in [0, 0.1) is 18.3 Å². The summed E-state index contributed by atoms with van der Waals surface area (Å²) in [5.74, 6) is -0.0652. The normalized spacial score (nSPS) is 19.7. The third-order valence-electron chi connectivity index (χ3n) is 4.92. The first-order valence-electron chi connectivity index (χ1n) is 9.27. The second-order valence-electron chi connectivity index (χ2n) is 7.16. The number of rotatable bonds is 4. The summed E-state index contributed by atoms with van der Waals surface area (Å²) in [7, 11) is 0. The minimum atomic E-state index is -0.466. The predicted octanol–water partition coefficient (Wildman–Crippen LogP) is 2.93. The van der Waals surface area contributed by atoms with Gasteiger partial charge < -0.3 is 11.1 Å². The number of aryl methyl sites for hydroxylation is 1. The third-order valence-corrected chi connectivity index (χ3v) is 4.92. The minimum absolute atomic E-state index is 0.0652. The summed E-state index contributed by atoms with van der Waals surface area (Å²) < 4.78 is 0. The van der Waals surface area contributed by atoms with E-state index in [-0.39, 0.29) is 5.91 Å². The number of amides is 1. The number of nitriles is 1. The molecule has 0 saturated heterocycles. The third kappa shape index (κ3) is 3.66. The maximum atomic E-state index is 12.4.